The van der Waals surface area contributed by atoms with Crippen molar-refractivity contribution in [1.82, 2.24) is 9.80 Å². The van der Waals surface area contributed by atoms with Crippen molar-refractivity contribution in [3.05, 3.63) is 30.1 Å². The average Bonchev–Trinajstić information content (AvgIpc) is 2.81. The van der Waals surface area contributed by atoms with Gasteiger partial charge in [-0.2, -0.15) is 0 Å². The van der Waals surface area contributed by atoms with E-state index in [9.17, 15) is 19.1 Å². The van der Waals surface area contributed by atoms with Crippen LogP contribution in [0.25, 0.3) is 0 Å². The van der Waals surface area contributed by atoms with Crippen molar-refractivity contribution >= 4 is 17.6 Å². The zero-order chi connectivity index (χ0) is 23.7. The van der Waals surface area contributed by atoms with Gasteiger partial charge in [0.05, 0.1) is 18.8 Å². The Kier molecular flexibility index (Phi) is 10.3. The summed E-state index contributed by atoms with van der Waals surface area (Å²) in [6.45, 7) is 5.41. The molecule has 1 heterocycles. The number of aliphatic hydroxyl groups is 1. The molecule has 1 aliphatic heterocycles. The van der Waals surface area contributed by atoms with Gasteiger partial charge in [0.25, 0.3) is 0 Å². The summed E-state index contributed by atoms with van der Waals surface area (Å²) in [5, 5.41) is 12.4. The first-order valence-electron chi connectivity index (χ1n) is 11.1. The van der Waals surface area contributed by atoms with Crippen molar-refractivity contribution in [2.45, 2.75) is 38.8 Å². The normalized spacial score (nSPS) is 17.3. The standard InChI is InChI=1S/C23H36FN3O5/c1-16(21(31-4)14-26(3)22(29)18-9-11-32-12-10-18)13-27(17(2)15-28)23(30)25-20-7-5-19(24)6-8-20/h5-8,16-18,21,28H,9-15H2,1-4H3,(H,25,30)/t16-,17+,21-/m1/s1. The minimum absolute atomic E-state index is 0.0334. The number of amides is 3. The van der Waals surface area contributed by atoms with Gasteiger partial charge in [-0.15, -0.1) is 0 Å². The molecule has 1 fully saturated rings. The van der Waals surface area contributed by atoms with Crippen molar-refractivity contribution < 1.29 is 28.6 Å². The lowest BCUT2D eigenvalue weighted by Gasteiger charge is -2.35. The monoisotopic (exact) mass is 453 g/mol. The maximum Gasteiger partial charge on any atom is 0.322 e. The van der Waals surface area contributed by atoms with Gasteiger partial charge in [-0.3, -0.25) is 4.79 Å². The molecule has 32 heavy (non-hydrogen) atoms. The second-order valence-electron chi connectivity index (χ2n) is 8.48. The van der Waals surface area contributed by atoms with Crippen LogP contribution in [0.5, 0.6) is 0 Å². The smallest absolute Gasteiger partial charge is 0.322 e. The summed E-state index contributed by atoms with van der Waals surface area (Å²) in [4.78, 5) is 28.9. The number of carbonyl (C=O) groups is 2. The number of hydrogen-bond donors (Lipinski definition) is 2. The predicted octanol–water partition coefficient (Wildman–Crippen LogP) is 2.58. The van der Waals surface area contributed by atoms with Crippen molar-refractivity contribution in [1.29, 1.82) is 0 Å². The van der Waals surface area contributed by atoms with Crippen LogP contribution < -0.4 is 5.32 Å². The molecule has 0 spiro atoms. The molecule has 180 valence electrons. The van der Waals surface area contributed by atoms with Gasteiger partial charge >= 0.3 is 6.03 Å². The minimum Gasteiger partial charge on any atom is -0.394 e. The summed E-state index contributed by atoms with van der Waals surface area (Å²) < 4.78 is 24.1. The van der Waals surface area contributed by atoms with Crippen LogP contribution >= 0.6 is 0 Å². The number of halogens is 1. The molecule has 8 nitrogen and oxygen atoms in total. The fourth-order valence-electron chi connectivity index (χ4n) is 3.82. The van der Waals surface area contributed by atoms with Crippen LogP contribution in [-0.2, 0) is 14.3 Å². The molecule has 1 aliphatic rings. The second-order valence-corrected chi connectivity index (χ2v) is 8.48. The molecule has 9 heteroatoms. The SMILES string of the molecule is CO[C@H](CN(C)C(=O)C1CCOCC1)[C@H](C)CN(C(=O)Nc1ccc(F)cc1)[C@@H](C)CO. The number of nitrogens with zero attached hydrogens (tertiary/aromatic N) is 2. The number of likely N-dealkylation sites (N-methyl/N-ethyl adjacent to an activating group) is 1. The predicted molar refractivity (Wildman–Crippen MR) is 120 cm³/mol. The highest BCUT2D eigenvalue weighted by atomic mass is 19.1. The Balaban J connectivity index is 2.00. The molecular formula is C23H36FN3O5. The van der Waals surface area contributed by atoms with Gasteiger partial charge < -0.3 is 29.7 Å². The van der Waals surface area contributed by atoms with E-state index in [4.69, 9.17) is 9.47 Å². The number of urea groups is 1. The number of benzene rings is 1. The highest BCUT2D eigenvalue weighted by molar-refractivity contribution is 5.89. The Bertz CT molecular complexity index is 727. The van der Waals surface area contributed by atoms with Gasteiger partial charge in [-0.1, -0.05) is 6.92 Å². The van der Waals surface area contributed by atoms with E-state index in [1.54, 1.807) is 26.0 Å². The molecule has 2 N–H and O–H groups in total. The lowest BCUT2D eigenvalue weighted by atomic mass is 9.97. The number of methoxy groups -OCH3 is 1. The zero-order valence-electron chi connectivity index (χ0n) is 19.4. The number of carbonyl (C=O) groups excluding carboxylic acids is 2. The first kappa shape index (κ1) is 26.0. The lowest BCUT2D eigenvalue weighted by Crippen LogP contribution is -2.49. The van der Waals surface area contributed by atoms with Crippen molar-refractivity contribution in [2.75, 3.05) is 52.4 Å². The molecule has 0 unspecified atom stereocenters. The summed E-state index contributed by atoms with van der Waals surface area (Å²) in [5.74, 6) is -0.455. The topological polar surface area (TPSA) is 91.3 Å². The van der Waals surface area contributed by atoms with Gasteiger partial charge in [-0.05, 0) is 44.0 Å². The number of nitrogens with one attached hydrogen (secondary N) is 1. The molecular weight excluding hydrogens is 417 g/mol. The van der Waals surface area contributed by atoms with Crippen LogP contribution in [0, 0.1) is 17.7 Å². The van der Waals surface area contributed by atoms with E-state index in [0.29, 0.717) is 32.0 Å². The molecule has 0 aliphatic carbocycles. The summed E-state index contributed by atoms with van der Waals surface area (Å²) in [5.41, 5.74) is 0.462. The van der Waals surface area contributed by atoms with Crippen LogP contribution in [0.15, 0.2) is 24.3 Å². The van der Waals surface area contributed by atoms with Crippen LogP contribution in [0.4, 0.5) is 14.9 Å². The molecule has 3 atom stereocenters. The van der Waals surface area contributed by atoms with Crippen LogP contribution in [-0.4, -0.2) is 86.1 Å². The van der Waals surface area contributed by atoms with Crippen LogP contribution in [0.1, 0.15) is 26.7 Å². The highest BCUT2D eigenvalue weighted by Crippen LogP contribution is 2.19. The third-order valence-electron chi connectivity index (χ3n) is 5.98. The Morgan fingerprint density at radius 3 is 2.41 bits per heavy atom. The molecule has 3 amide bonds. The Hall–Kier alpha value is -2.23. The number of rotatable bonds is 10. The first-order chi connectivity index (χ1) is 15.3. The maximum absolute atomic E-state index is 13.1. The second kappa shape index (κ2) is 12.7. The van der Waals surface area contributed by atoms with E-state index in [1.807, 2.05) is 6.92 Å². The van der Waals surface area contributed by atoms with Gasteiger partial charge in [0.15, 0.2) is 0 Å². The van der Waals surface area contributed by atoms with Crippen molar-refractivity contribution in [3.63, 3.8) is 0 Å². The van der Waals surface area contributed by atoms with Gasteiger partial charge in [0, 0.05) is 58.0 Å². The fraction of sp³-hybridized carbons (Fsp3) is 0.652. The maximum atomic E-state index is 13.1. The Labute approximate surface area is 189 Å². The number of hydrogen-bond acceptors (Lipinski definition) is 5. The molecule has 0 bridgehead atoms. The van der Waals surface area contributed by atoms with Crippen LogP contribution in [0.3, 0.4) is 0 Å². The average molecular weight is 454 g/mol. The zero-order valence-corrected chi connectivity index (χ0v) is 19.4. The molecule has 1 aromatic carbocycles. The molecule has 1 aromatic rings. The summed E-state index contributed by atoms with van der Waals surface area (Å²) in [7, 11) is 3.36. The molecule has 0 saturated carbocycles. The molecule has 2 rings (SSSR count). The van der Waals surface area contributed by atoms with E-state index in [-0.39, 0.29) is 36.3 Å². The number of aliphatic hydroxyl groups excluding tert-OH is 1. The van der Waals surface area contributed by atoms with Crippen molar-refractivity contribution in [2.24, 2.45) is 11.8 Å². The van der Waals surface area contributed by atoms with Gasteiger partial charge in [-0.25, -0.2) is 9.18 Å². The number of ether oxygens (including phenoxy) is 2. The summed E-state index contributed by atoms with van der Waals surface area (Å²) >= 11 is 0. The quantitative estimate of drug-likeness (QED) is 0.568. The van der Waals surface area contributed by atoms with Crippen LogP contribution in [0.2, 0.25) is 0 Å². The van der Waals surface area contributed by atoms with E-state index in [0.717, 1.165) is 12.8 Å². The Morgan fingerprint density at radius 2 is 1.84 bits per heavy atom. The summed E-state index contributed by atoms with van der Waals surface area (Å²) in [6.07, 6.45) is 1.15. The summed E-state index contributed by atoms with van der Waals surface area (Å²) in [6, 6.07) is 4.67. The largest absolute Gasteiger partial charge is 0.394 e. The lowest BCUT2D eigenvalue weighted by molar-refractivity contribution is -0.139. The van der Waals surface area contributed by atoms with Gasteiger partial charge in [0.2, 0.25) is 5.91 Å². The van der Waals surface area contributed by atoms with E-state index >= 15 is 0 Å². The molecule has 0 aromatic heterocycles. The number of anilines is 1. The van der Waals surface area contributed by atoms with E-state index in [1.165, 1.54) is 29.2 Å². The first-order valence-corrected chi connectivity index (χ1v) is 11.1. The third kappa shape index (κ3) is 7.43. The highest BCUT2D eigenvalue weighted by Gasteiger charge is 2.30. The minimum atomic E-state index is -0.433. The third-order valence-corrected chi connectivity index (χ3v) is 5.98. The van der Waals surface area contributed by atoms with E-state index in [2.05, 4.69) is 5.32 Å². The van der Waals surface area contributed by atoms with Gasteiger partial charge in [0.1, 0.15) is 5.82 Å². The van der Waals surface area contributed by atoms with E-state index < -0.39 is 12.1 Å². The van der Waals surface area contributed by atoms with Crippen molar-refractivity contribution in [3.8, 4) is 0 Å². The molecule has 0 radical (unpaired) electrons. The fourth-order valence-corrected chi connectivity index (χ4v) is 3.82. The Morgan fingerprint density at radius 1 is 1.22 bits per heavy atom. The molecule has 1 saturated heterocycles.